The first kappa shape index (κ1) is 64.0. The lowest BCUT2D eigenvalue weighted by Crippen LogP contribution is -1.70. The first-order valence-corrected chi connectivity index (χ1v) is 15.9. The van der Waals surface area contributed by atoms with Gasteiger partial charge in [0.15, 0.2) is 0 Å². The van der Waals surface area contributed by atoms with Gasteiger partial charge in [0.1, 0.15) is 0 Å². The molecule has 80 heavy (non-hydrogen) atoms. The summed E-state index contributed by atoms with van der Waals surface area (Å²) in [4.78, 5) is 0. The fourth-order valence-corrected chi connectivity index (χ4v) is 1.37. The van der Waals surface area contributed by atoms with E-state index in [2.05, 4.69) is 419 Å². The summed E-state index contributed by atoms with van der Waals surface area (Å²) in [6.45, 7) is 0. The lowest BCUT2D eigenvalue weighted by Gasteiger charge is -1.70. The molecule has 0 spiro atoms. The standard InChI is InChI=1S/H4N80/c1-3-5-7-9-11-13-15-17-19-21-23-25-27-29-31-33-35-37-39-41-43-45-47-49-51-53-55-57-59-61-63-65-67-69-71-73-75-77-79-80-78-76-74-72-70-68-66-64-62-60-58-56-54-52-50-48-46-44-42-40-38-36-34-32-30-28-26-24-22-20-18-16-14-12-10-8-6-4-2/h(H2,1,4,5,8,9,12,13,16,17,20,21,24,25,28,29,32,33,36,37,40,41,44,45,48,49,52,53,56,57,60,61,64,65,68,69,72,73,76,77,80)(H2,2,3,6,7,10,11,14,15,18,19,22,23,26,27,30,31,34,35,38,39,42,43,46,47,50,51,54,55,58,59,62,63,66,67,70,71,74,75,78,79). The fourth-order valence-electron chi connectivity index (χ4n) is 1.37. The Morgan fingerprint density at radius 1 is 0.0625 bits per heavy atom. The van der Waals surface area contributed by atoms with Gasteiger partial charge in [0.25, 0.3) is 0 Å². The van der Waals surface area contributed by atoms with Gasteiger partial charge in [0, 0.05) is 324 Å². The van der Waals surface area contributed by atoms with Gasteiger partial charge in [-0.25, -0.2) is 0 Å². The van der Waals surface area contributed by atoms with Crippen molar-refractivity contribution in [3.63, 3.8) is 0 Å². The number of nitrogens with two attached hydrogens (primary N) is 2. The van der Waals surface area contributed by atoms with Crippen LogP contribution in [0.2, 0.25) is 0 Å². The maximum atomic E-state index is 4.63. The van der Waals surface area contributed by atoms with Gasteiger partial charge in [0.2, 0.25) is 0 Å². The summed E-state index contributed by atoms with van der Waals surface area (Å²) in [5.41, 5.74) is 0. The average molecular weight is 1120 g/mol. The highest BCUT2D eigenvalue weighted by atomic mass is 15.8. The Balaban J connectivity index is 4.10. The maximum absolute atomic E-state index is 4.63. The van der Waals surface area contributed by atoms with E-state index in [1.165, 1.54) is 0 Å². The van der Waals surface area contributed by atoms with Crippen molar-refractivity contribution < 1.29 is 0 Å². The second-order valence-electron chi connectivity index (χ2n) is 7.03. The van der Waals surface area contributed by atoms with Crippen molar-refractivity contribution in [1.82, 2.24) is 0 Å². The molecule has 0 radical (unpaired) electrons. The van der Waals surface area contributed by atoms with Crippen molar-refractivity contribution in [3.8, 4) is 0 Å². The van der Waals surface area contributed by atoms with E-state index in [0.29, 0.717) is 0 Å². The quantitative estimate of drug-likeness (QED) is 0.0346. The number of rotatable bonds is 38. The summed E-state index contributed by atoms with van der Waals surface area (Å²) >= 11 is 0. The molecule has 80 nitrogen and oxygen atoms in total. The fraction of sp³-hybridized carbons (Fsp3) is 0. The molecular weight excluding hydrogens is 1120 g/mol. The molecule has 80 heteroatoms. The third-order valence-electron chi connectivity index (χ3n) is 3.10. The zero-order valence-electron chi connectivity index (χ0n) is 36.0. The van der Waals surface area contributed by atoms with Gasteiger partial charge in [-0.3, -0.25) is 0 Å². The Kier molecular flexibility index (Phi) is 50.4. The average Bonchev–Trinajstić information content (AvgIpc) is 3.47. The van der Waals surface area contributed by atoms with Crippen LogP contribution in [0.4, 0.5) is 0 Å². The second kappa shape index (κ2) is 63.0. The molecule has 0 aliphatic heterocycles. The molecule has 0 saturated heterocycles. The van der Waals surface area contributed by atoms with Crippen molar-refractivity contribution in [2.75, 3.05) is 0 Å². The summed E-state index contributed by atoms with van der Waals surface area (Å²) in [5, 5.41) is 233. The molecule has 4 N–H and O–H groups in total. The topological polar surface area (TPSA) is 1020 Å². The zero-order chi connectivity index (χ0) is 57.2. The van der Waals surface area contributed by atoms with Crippen LogP contribution in [0.25, 0.3) is 0 Å². The van der Waals surface area contributed by atoms with Gasteiger partial charge < -0.3 is 11.7 Å². The van der Waals surface area contributed by atoms with Gasteiger partial charge in [-0.1, -0.05) is 10.4 Å². The molecule has 0 saturated carbocycles. The van der Waals surface area contributed by atoms with Crippen molar-refractivity contribution in [3.05, 3.63) is 0 Å². The molecule has 0 amide bonds. The van der Waals surface area contributed by atoms with Crippen molar-refractivity contribution in [2.45, 2.75) is 0 Å². The summed E-state index contributed by atoms with van der Waals surface area (Å²) in [7, 11) is 0. The first-order valence-electron chi connectivity index (χ1n) is 15.9. The second-order valence-corrected chi connectivity index (χ2v) is 7.03. The summed E-state index contributed by atoms with van der Waals surface area (Å²) in [5.74, 6) is 9.26. The predicted octanol–water partition coefficient (Wildman–Crippen LogP) is 13.1. The van der Waals surface area contributed by atoms with Crippen LogP contribution in [0.1, 0.15) is 0 Å². The zero-order valence-corrected chi connectivity index (χ0v) is 36.0. The highest BCUT2D eigenvalue weighted by Crippen LogP contribution is 1.96. The highest BCUT2D eigenvalue weighted by molar-refractivity contribution is 4.21. The summed E-state index contributed by atoms with van der Waals surface area (Å²) in [6, 6.07) is 0. The van der Waals surface area contributed by atoms with Crippen LogP contribution < -0.4 is 11.7 Å². The van der Waals surface area contributed by atoms with Gasteiger partial charge in [-0.2, -0.15) is 0 Å². The molecular formula is H4N80. The Morgan fingerprint density at radius 3 is 0.138 bits per heavy atom. The molecule has 0 unspecified atom stereocenters. The molecule has 0 aromatic heterocycles. The van der Waals surface area contributed by atoms with E-state index >= 15 is 0 Å². The van der Waals surface area contributed by atoms with Crippen LogP contribution in [0, 0.1) is 0 Å². The van der Waals surface area contributed by atoms with Crippen LogP contribution in [0.3, 0.4) is 0 Å². The van der Waals surface area contributed by atoms with Crippen molar-refractivity contribution >= 4 is 0 Å². The Bertz CT molecular complexity index is 2620. The van der Waals surface area contributed by atoms with E-state index in [0.717, 1.165) is 0 Å². The predicted molar refractivity (Wildman–Crippen MR) is 198 cm³/mol. The Hall–Kier alpha value is -16.0. The van der Waals surface area contributed by atoms with E-state index in [1.807, 2.05) is 0 Å². The molecule has 0 atom stereocenters. The van der Waals surface area contributed by atoms with Gasteiger partial charge in [-0.15, -0.1) is 0 Å². The molecule has 0 aromatic carbocycles. The highest BCUT2D eigenvalue weighted by Gasteiger charge is 1.78. The molecule has 0 heterocycles. The summed E-state index contributed by atoms with van der Waals surface area (Å²) < 4.78 is 0. The third-order valence-corrected chi connectivity index (χ3v) is 3.10. The number of hydrogen-bond donors (Lipinski definition) is 2. The minimum absolute atomic E-state index is 2.75. The number of hydrogen-bond acceptors (Lipinski definition) is 2. The van der Waals surface area contributed by atoms with Crippen LogP contribution in [-0.4, -0.2) is 0 Å². The van der Waals surface area contributed by atoms with E-state index in [1.54, 1.807) is 0 Å². The minimum atomic E-state index is 2.75. The SMILES string of the molecule is N/N=N/N=N/N=N/N=N/N=N/N=N/N=N/N=N/N=N/N=N/N=N/N=N/N=N/N=N/N=N/N=N/N=N/N=N/N=N/N=N/N=N/N=N/N=N/N=N/N=N/N=N/N=N/N=N/N=N/N=N/N=N/N=N/N=N/N=N/N=N/N=N/N=N/N=N/N=N/N. The third kappa shape index (κ3) is 62.0. The smallest absolute Gasteiger partial charge is 0 e. The van der Waals surface area contributed by atoms with Crippen molar-refractivity contribution in [2.24, 2.45) is 419 Å². The van der Waals surface area contributed by atoms with E-state index in [4.69, 9.17) is 0 Å². The molecule has 0 rings (SSSR count). The van der Waals surface area contributed by atoms with Crippen LogP contribution in [0.15, 0.2) is 407 Å². The molecule has 404 valence electrons. The maximum Gasteiger partial charge on any atom is 0 e. The molecule has 0 aromatic rings. The monoisotopic (exact) mass is 1120 g/mol. The first-order chi connectivity index (χ1) is 39.9. The summed E-state index contributed by atoms with van der Waals surface area (Å²) in [6.07, 6.45) is 0. The minimum Gasteiger partial charge on any atom is -0.303 e. The van der Waals surface area contributed by atoms with Gasteiger partial charge >= 0.3 is 0 Å². The largest absolute Gasteiger partial charge is 0.303 e. The van der Waals surface area contributed by atoms with E-state index < -0.39 is 0 Å². The normalized spacial score (nSPS) is 15.7. The number of nitrogens with zero attached hydrogens (tertiary/aromatic N) is 78. The van der Waals surface area contributed by atoms with E-state index in [9.17, 15) is 0 Å². The Labute approximate surface area is 419 Å². The van der Waals surface area contributed by atoms with Crippen LogP contribution in [0.5, 0.6) is 0 Å². The Morgan fingerprint density at radius 2 is 0.100 bits per heavy atom. The van der Waals surface area contributed by atoms with Gasteiger partial charge in [-0.05, 0) is 73.1 Å². The molecule has 0 aliphatic rings. The van der Waals surface area contributed by atoms with Crippen LogP contribution >= 0.6 is 0 Å². The van der Waals surface area contributed by atoms with Crippen molar-refractivity contribution in [1.29, 1.82) is 0 Å². The van der Waals surface area contributed by atoms with Crippen LogP contribution in [-0.2, 0) is 0 Å². The van der Waals surface area contributed by atoms with E-state index in [-0.39, 0.29) is 0 Å². The lowest BCUT2D eigenvalue weighted by atomic mass is 12.3. The molecule has 0 bridgehead atoms. The van der Waals surface area contributed by atoms with Gasteiger partial charge in [0.05, 0.1) is 0 Å². The molecule has 0 aliphatic carbocycles. The lowest BCUT2D eigenvalue weighted by molar-refractivity contribution is 0.723. The molecule has 0 fully saturated rings.